The van der Waals surface area contributed by atoms with E-state index in [0.717, 1.165) is 19.5 Å². The summed E-state index contributed by atoms with van der Waals surface area (Å²) in [6.07, 6.45) is 1.06. The fraction of sp³-hybridized carbons (Fsp3) is 0.833. The van der Waals surface area contributed by atoms with E-state index in [0.29, 0.717) is 5.96 Å². The van der Waals surface area contributed by atoms with Crippen LogP contribution >= 0.6 is 0 Å². The van der Waals surface area contributed by atoms with Gasteiger partial charge in [-0.15, -0.1) is 0 Å². The molecule has 0 aromatic carbocycles. The number of hydrogen-bond donors (Lipinski definition) is 3. The molecule has 0 aliphatic heterocycles. The minimum Gasteiger partial charge on any atom is -0.370 e. The lowest BCUT2D eigenvalue weighted by Crippen LogP contribution is -2.33. The molecule has 0 radical (unpaired) electrons. The summed E-state index contributed by atoms with van der Waals surface area (Å²) in [7, 11) is 3.59. The van der Waals surface area contributed by atoms with Crippen LogP contribution in [0, 0.1) is 0 Å². The van der Waals surface area contributed by atoms with Gasteiger partial charge in [-0.3, -0.25) is 4.99 Å². The smallest absolute Gasteiger partial charge is 0.188 e. The monoisotopic (exact) mass is 144 g/mol. The van der Waals surface area contributed by atoms with Gasteiger partial charge in [-0.1, -0.05) is 0 Å². The molecule has 0 aliphatic rings. The van der Waals surface area contributed by atoms with Gasteiger partial charge in [-0.25, -0.2) is 0 Å². The average Bonchev–Trinajstić information content (AvgIpc) is 1.98. The molecule has 0 saturated carbocycles. The van der Waals surface area contributed by atoms with Crippen LogP contribution in [0.3, 0.4) is 0 Å². The molecule has 4 N–H and O–H groups in total. The number of rotatable bonds is 4. The van der Waals surface area contributed by atoms with Crippen molar-refractivity contribution in [2.24, 2.45) is 10.7 Å². The lowest BCUT2D eigenvalue weighted by Gasteiger charge is -2.02. The molecule has 4 heteroatoms. The minimum atomic E-state index is 0.510. The number of nitrogens with two attached hydrogens (primary N) is 1. The second-order valence-electron chi connectivity index (χ2n) is 1.99. The van der Waals surface area contributed by atoms with Crippen LogP contribution in [-0.2, 0) is 0 Å². The molecular formula is C6H16N4. The summed E-state index contributed by atoms with van der Waals surface area (Å²) in [5, 5.41) is 5.99. The molecule has 10 heavy (non-hydrogen) atoms. The Labute approximate surface area is 61.9 Å². The molecule has 0 saturated heterocycles. The van der Waals surface area contributed by atoms with E-state index in [4.69, 9.17) is 5.73 Å². The fourth-order valence-electron chi connectivity index (χ4n) is 0.561. The van der Waals surface area contributed by atoms with Crippen LogP contribution in [0.25, 0.3) is 0 Å². The molecule has 0 bridgehead atoms. The molecule has 0 rings (SSSR count). The summed E-state index contributed by atoms with van der Waals surface area (Å²) in [6.45, 7) is 1.88. The van der Waals surface area contributed by atoms with E-state index in [1.807, 2.05) is 7.05 Å². The predicted octanol–water partition coefficient (Wildman–Crippen LogP) is -0.870. The molecule has 0 heterocycles. The maximum atomic E-state index is 5.37. The van der Waals surface area contributed by atoms with Crippen LogP contribution in [0.4, 0.5) is 0 Å². The Balaban J connectivity index is 3.04. The van der Waals surface area contributed by atoms with Gasteiger partial charge in [0.05, 0.1) is 0 Å². The van der Waals surface area contributed by atoms with Crippen LogP contribution in [0.2, 0.25) is 0 Å². The summed E-state index contributed by atoms with van der Waals surface area (Å²) in [5.74, 6) is 0.510. The number of guanidine groups is 1. The molecular weight excluding hydrogens is 128 g/mol. The summed E-state index contributed by atoms with van der Waals surface area (Å²) in [6, 6.07) is 0. The quantitative estimate of drug-likeness (QED) is 0.273. The molecule has 0 fully saturated rings. The zero-order valence-corrected chi connectivity index (χ0v) is 6.65. The fourth-order valence-corrected chi connectivity index (χ4v) is 0.561. The minimum absolute atomic E-state index is 0.510. The topological polar surface area (TPSA) is 62.4 Å². The zero-order chi connectivity index (χ0) is 7.82. The van der Waals surface area contributed by atoms with Crippen molar-refractivity contribution < 1.29 is 0 Å². The van der Waals surface area contributed by atoms with Gasteiger partial charge in [0, 0.05) is 13.6 Å². The first-order valence-electron chi connectivity index (χ1n) is 3.42. The SMILES string of the molecule is CN=C(N)NCCCNC. The lowest BCUT2D eigenvalue weighted by atomic mass is 10.4. The Bertz CT molecular complexity index is 99.9. The van der Waals surface area contributed by atoms with Crippen molar-refractivity contribution in [2.75, 3.05) is 27.2 Å². The van der Waals surface area contributed by atoms with E-state index in [2.05, 4.69) is 15.6 Å². The largest absolute Gasteiger partial charge is 0.370 e. The van der Waals surface area contributed by atoms with Gasteiger partial charge in [-0.05, 0) is 20.0 Å². The molecule has 0 aromatic rings. The summed E-state index contributed by atoms with van der Waals surface area (Å²) < 4.78 is 0. The van der Waals surface area contributed by atoms with Crippen LogP contribution in [0.5, 0.6) is 0 Å². The summed E-state index contributed by atoms with van der Waals surface area (Å²) >= 11 is 0. The number of aliphatic imine (C=N–C) groups is 1. The highest BCUT2D eigenvalue weighted by molar-refractivity contribution is 5.77. The van der Waals surface area contributed by atoms with Crippen molar-refractivity contribution in [1.29, 1.82) is 0 Å². The molecule has 0 aromatic heterocycles. The van der Waals surface area contributed by atoms with Crippen molar-refractivity contribution in [3.63, 3.8) is 0 Å². The van der Waals surface area contributed by atoms with Crippen LogP contribution in [0.1, 0.15) is 6.42 Å². The maximum absolute atomic E-state index is 5.37. The molecule has 0 atom stereocenters. The van der Waals surface area contributed by atoms with E-state index in [1.54, 1.807) is 7.05 Å². The zero-order valence-electron chi connectivity index (χ0n) is 6.65. The maximum Gasteiger partial charge on any atom is 0.188 e. The Morgan fingerprint density at radius 3 is 2.70 bits per heavy atom. The van der Waals surface area contributed by atoms with Gasteiger partial charge >= 0.3 is 0 Å². The highest BCUT2D eigenvalue weighted by Gasteiger charge is 1.86. The first-order valence-corrected chi connectivity index (χ1v) is 3.42. The van der Waals surface area contributed by atoms with Crippen molar-refractivity contribution >= 4 is 5.96 Å². The van der Waals surface area contributed by atoms with Crippen LogP contribution in [-0.4, -0.2) is 33.1 Å². The van der Waals surface area contributed by atoms with E-state index in [-0.39, 0.29) is 0 Å². The van der Waals surface area contributed by atoms with Gasteiger partial charge in [0.1, 0.15) is 0 Å². The first kappa shape index (κ1) is 9.23. The molecule has 0 amide bonds. The predicted molar refractivity (Wildman–Crippen MR) is 44.1 cm³/mol. The standard InChI is InChI=1S/C6H16N4/c1-8-4-3-5-10-6(7)9-2/h8H,3-5H2,1-2H3,(H3,7,9,10). The van der Waals surface area contributed by atoms with Gasteiger partial charge in [0.25, 0.3) is 0 Å². The first-order chi connectivity index (χ1) is 4.81. The third-order valence-electron chi connectivity index (χ3n) is 1.15. The molecule has 60 valence electrons. The molecule has 0 unspecified atom stereocenters. The van der Waals surface area contributed by atoms with Crippen LogP contribution in [0.15, 0.2) is 4.99 Å². The number of nitrogens with zero attached hydrogens (tertiary/aromatic N) is 1. The highest BCUT2D eigenvalue weighted by atomic mass is 15.1. The number of hydrogen-bond acceptors (Lipinski definition) is 2. The van der Waals surface area contributed by atoms with Gasteiger partial charge < -0.3 is 16.4 Å². The molecule has 0 aliphatic carbocycles. The highest BCUT2D eigenvalue weighted by Crippen LogP contribution is 1.70. The Morgan fingerprint density at radius 1 is 1.50 bits per heavy atom. The Morgan fingerprint density at radius 2 is 2.20 bits per heavy atom. The second kappa shape index (κ2) is 6.35. The van der Waals surface area contributed by atoms with E-state index >= 15 is 0 Å². The average molecular weight is 144 g/mol. The Hall–Kier alpha value is -0.770. The summed E-state index contributed by atoms with van der Waals surface area (Å²) in [5.41, 5.74) is 5.37. The number of nitrogens with one attached hydrogen (secondary N) is 2. The second-order valence-corrected chi connectivity index (χ2v) is 1.99. The normalized spacial score (nSPS) is 11.6. The van der Waals surface area contributed by atoms with Crippen molar-refractivity contribution in [3.05, 3.63) is 0 Å². The van der Waals surface area contributed by atoms with Crippen molar-refractivity contribution in [1.82, 2.24) is 10.6 Å². The van der Waals surface area contributed by atoms with Crippen molar-refractivity contribution in [2.45, 2.75) is 6.42 Å². The van der Waals surface area contributed by atoms with Gasteiger partial charge in [-0.2, -0.15) is 0 Å². The molecule has 4 nitrogen and oxygen atoms in total. The van der Waals surface area contributed by atoms with E-state index in [9.17, 15) is 0 Å². The van der Waals surface area contributed by atoms with Crippen LogP contribution < -0.4 is 16.4 Å². The third kappa shape index (κ3) is 5.37. The van der Waals surface area contributed by atoms with E-state index < -0.39 is 0 Å². The lowest BCUT2D eigenvalue weighted by molar-refractivity contribution is 0.702. The third-order valence-corrected chi connectivity index (χ3v) is 1.15. The van der Waals surface area contributed by atoms with Gasteiger partial charge in [0.15, 0.2) is 5.96 Å². The van der Waals surface area contributed by atoms with E-state index in [1.165, 1.54) is 0 Å². The van der Waals surface area contributed by atoms with Gasteiger partial charge in [0.2, 0.25) is 0 Å². The summed E-state index contributed by atoms with van der Waals surface area (Å²) in [4.78, 5) is 3.75. The molecule has 0 spiro atoms. The Kier molecular flexibility index (Phi) is 5.86. The van der Waals surface area contributed by atoms with Crippen molar-refractivity contribution in [3.8, 4) is 0 Å².